The van der Waals surface area contributed by atoms with Crippen LogP contribution in [0, 0.1) is 20.8 Å². The first-order valence-electron chi connectivity index (χ1n) is 4.29. The van der Waals surface area contributed by atoms with Gasteiger partial charge in [-0.25, -0.2) is 0 Å². The van der Waals surface area contributed by atoms with Crippen LogP contribution in [0.1, 0.15) is 16.7 Å². The molecule has 0 aliphatic heterocycles. The zero-order valence-electron chi connectivity index (χ0n) is 8.51. The third kappa shape index (κ3) is 1.96. The number of aryl methyl sites for hydroxylation is 2. The Morgan fingerprint density at radius 3 is 2.43 bits per heavy atom. The number of phenolic OH excluding ortho intramolecular Hbond substituents is 1. The largest absolute Gasteiger partial charge is 0.505 e. The third-order valence-corrected chi connectivity index (χ3v) is 2.36. The highest BCUT2D eigenvalue weighted by atomic mass is 32.1. The van der Waals surface area contributed by atoms with Crippen LogP contribution >= 0.6 is 12.2 Å². The molecule has 4 N–H and O–H groups in total. The quantitative estimate of drug-likeness (QED) is 0.490. The van der Waals surface area contributed by atoms with E-state index in [-0.39, 0.29) is 10.9 Å². The number of phenols is 1. The Morgan fingerprint density at radius 1 is 1.36 bits per heavy atom. The summed E-state index contributed by atoms with van der Waals surface area (Å²) < 4.78 is 0. The number of hydrogen-bond donors (Lipinski definition) is 3. The van der Waals surface area contributed by atoms with Gasteiger partial charge in [-0.2, -0.15) is 0 Å². The van der Waals surface area contributed by atoms with Crippen molar-refractivity contribution in [1.82, 2.24) is 0 Å². The SMILES string of the molecule is Cc1cc(C)c(NC(N)=S)c(O)c1C. The summed E-state index contributed by atoms with van der Waals surface area (Å²) in [5.41, 5.74) is 8.78. The summed E-state index contributed by atoms with van der Waals surface area (Å²) in [7, 11) is 0. The fraction of sp³-hybridized carbons (Fsp3) is 0.300. The molecule has 1 rings (SSSR count). The molecule has 0 amide bonds. The topological polar surface area (TPSA) is 58.3 Å². The molecule has 0 aromatic heterocycles. The van der Waals surface area contributed by atoms with E-state index in [0.717, 1.165) is 16.7 Å². The fourth-order valence-corrected chi connectivity index (χ4v) is 1.45. The summed E-state index contributed by atoms with van der Waals surface area (Å²) in [5, 5.41) is 12.8. The number of benzene rings is 1. The van der Waals surface area contributed by atoms with E-state index in [1.165, 1.54) is 0 Å². The van der Waals surface area contributed by atoms with Crippen molar-refractivity contribution in [2.75, 3.05) is 5.32 Å². The van der Waals surface area contributed by atoms with Crippen LogP contribution in [-0.2, 0) is 0 Å². The maximum atomic E-state index is 9.83. The number of rotatable bonds is 1. The first-order chi connectivity index (χ1) is 6.43. The standard InChI is InChI=1S/C10H14N2OS/c1-5-4-6(2)8(12-10(11)14)9(13)7(5)3/h4,13H,1-3H3,(H3,11,12,14). The molecule has 76 valence electrons. The minimum atomic E-state index is 0.159. The van der Waals surface area contributed by atoms with E-state index in [1.807, 2.05) is 26.8 Å². The van der Waals surface area contributed by atoms with Crippen molar-refractivity contribution in [3.63, 3.8) is 0 Å². The maximum Gasteiger partial charge on any atom is 0.168 e. The van der Waals surface area contributed by atoms with Crippen LogP contribution in [0.25, 0.3) is 0 Å². The maximum absolute atomic E-state index is 9.83. The molecule has 0 atom stereocenters. The third-order valence-electron chi connectivity index (χ3n) is 2.26. The molecule has 0 heterocycles. The van der Waals surface area contributed by atoms with Crippen LogP contribution in [0.5, 0.6) is 5.75 Å². The van der Waals surface area contributed by atoms with Gasteiger partial charge in [0.15, 0.2) is 5.11 Å². The summed E-state index contributed by atoms with van der Waals surface area (Å²) >= 11 is 4.73. The van der Waals surface area contributed by atoms with E-state index in [4.69, 9.17) is 18.0 Å². The lowest BCUT2D eigenvalue weighted by molar-refractivity contribution is 0.473. The van der Waals surface area contributed by atoms with Gasteiger partial charge in [-0.15, -0.1) is 0 Å². The molecule has 0 unspecified atom stereocenters. The predicted octanol–water partition coefficient (Wildman–Crippen LogP) is 1.97. The summed E-state index contributed by atoms with van der Waals surface area (Å²) in [6.07, 6.45) is 0. The van der Waals surface area contributed by atoms with Gasteiger partial charge in [0.1, 0.15) is 5.75 Å². The second-order valence-electron chi connectivity index (χ2n) is 3.35. The van der Waals surface area contributed by atoms with E-state index in [0.29, 0.717) is 5.69 Å². The lowest BCUT2D eigenvalue weighted by atomic mass is 10.0. The van der Waals surface area contributed by atoms with Gasteiger partial charge in [0.25, 0.3) is 0 Å². The van der Waals surface area contributed by atoms with Crippen LogP contribution in [0.4, 0.5) is 5.69 Å². The first kappa shape index (κ1) is 10.8. The fourth-order valence-electron chi connectivity index (χ4n) is 1.35. The van der Waals surface area contributed by atoms with Crippen molar-refractivity contribution in [2.45, 2.75) is 20.8 Å². The highest BCUT2D eigenvalue weighted by Gasteiger charge is 2.10. The Bertz CT molecular complexity index is 388. The Hall–Kier alpha value is -1.29. The summed E-state index contributed by atoms with van der Waals surface area (Å²) in [6.45, 7) is 5.70. The Labute approximate surface area is 88.9 Å². The smallest absolute Gasteiger partial charge is 0.168 e. The van der Waals surface area contributed by atoms with E-state index in [2.05, 4.69) is 5.32 Å². The van der Waals surface area contributed by atoms with Crippen molar-refractivity contribution in [3.05, 3.63) is 22.8 Å². The van der Waals surface area contributed by atoms with Gasteiger partial charge in [0, 0.05) is 0 Å². The van der Waals surface area contributed by atoms with Crippen LogP contribution in [0.15, 0.2) is 6.07 Å². The Balaban J connectivity index is 3.29. The van der Waals surface area contributed by atoms with Crippen molar-refractivity contribution in [3.8, 4) is 5.75 Å². The molecule has 3 nitrogen and oxygen atoms in total. The average molecular weight is 210 g/mol. The van der Waals surface area contributed by atoms with Crippen LogP contribution < -0.4 is 11.1 Å². The Morgan fingerprint density at radius 2 is 1.93 bits per heavy atom. The minimum absolute atomic E-state index is 0.159. The molecule has 14 heavy (non-hydrogen) atoms. The van der Waals surface area contributed by atoms with Gasteiger partial charge >= 0.3 is 0 Å². The Kier molecular flexibility index (Phi) is 2.96. The van der Waals surface area contributed by atoms with Gasteiger partial charge in [-0.3, -0.25) is 0 Å². The van der Waals surface area contributed by atoms with Crippen molar-refractivity contribution >= 4 is 23.0 Å². The van der Waals surface area contributed by atoms with E-state index in [1.54, 1.807) is 0 Å². The molecule has 0 saturated heterocycles. The number of anilines is 1. The van der Waals surface area contributed by atoms with E-state index in [9.17, 15) is 5.11 Å². The van der Waals surface area contributed by atoms with Crippen LogP contribution in [0.2, 0.25) is 0 Å². The van der Waals surface area contributed by atoms with E-state index >= 15 is 0 Å². The van der Waals surface area contributed by atoms with Gasteiger partial charge < -0.3 is 16.2 Å². The predicted molar refractivity (Wildman–Crippen MR) is 62.7 cm³/mol. The molecule has 0 bridgehead atoms. The van der Waals surface area contributed by atoms with Crippen LogP contribution in [-0.4, -0.2) is 10.2 Å². The van der Waals surface area contributed by atoms with Crippen molar-refractivity contribution < 1.29 is 5.11 Å². The molecule has 1 aromatic carbocycles. The van der Waals surface area contributed by atoms with Gasteiger partial charge in [0.2, 0.25) is 0 Å². The highest BCUT2D eigenvalue weighted by molar-refractivity contribution is 7.80. The van der Waals surface area contributed by atoms with Gasteiger partial charge in [-0.1, -0.05) is 6.07 Å². The molecule has 0 aliphatic carbocycles. The average Bonchev–Trinajstić information content (AvgIpc) is 2.09. The first-order valence-corrected chi connectivity index (χ1v) is 4.70. The number of nitrogens with two attached hydrogens (primary N) is 1. The molecule has 4 heteroatoms. The zero-order chi connectivity index (χ0) is 10.9. The second-order valence-corrected chi connectivity index (χ2v) is 3.79. The summed E-state index contributed by atoms with van der Waals surface area (Å²) in [5.74, 6) is 0.218. The second kappa shape index (κ2) is 3.84. The van der Waals surface area contributed by atoms with Crippen molar-refractivity contribution in [1.29, 1.82) is 0 Å². The molecular weight excluding hydrogens is 196 g/mol. The summed E-state index contributed by atoms with van der Waals surface area (Å²) in [4.78, 5) is 0. The van der Waals surface area contributed by atoms with E-state index < -0.39 is 0 Å². The normalized spacial score (nSPS) is 9.93. The van der Waals surface area contributed by atoms with Crippen LogP contribution in [0.3, 0.4) is 0 Å². The van der Waals surface area contributed by atoms with Gasteiger partial charge in [0.05, 0.1) is 5.69 Å². The summed E-state index contributed by atoms with van der Waals surface area (Å²) in [6, 6.07) is 1.98. The molecule has 0 spiro atoms. The lowest BCUT2D eigenvalue weighted by Gasteiger charge is -2.13. The molecule has 0 saturated carbocycles. The number of nitrogens with one attached hydrogen (secondary N) is 1. The van der Waals surface area contributed by atoms with Crippen molar-refractivity contribution in [2.24, 2.45) is 5.73 Å². The molecule has 1 aromatic rings. The molecular formula is C10H14N2OS. The molecule has 0 fully saturated rings. The number of aromatic hydroxyl groups is 1. The lowest BCUT2D eigenvalue weighted by Crippen LogP contribution is -2.19. The van der Waals surface area contributed by atoms with Gasteiger partial charge in [-0.05, 0) is 49.7 Å². The molecule has 0 aliphatic rings. The monoisotopic (exact) mass is 210 g/mol. The zero-order valence-corrected chi connectivity index (χ0v) is 9.33. The molecule has 0 radical (unpaired) electrons. The highest BCUT2D eigenvalue weighted by Crippen LogP contribution is 2.32. The number of hydrogen-bond acceptors (Lipinski definition) is 2. The minimum Gasteiger partial charge on any atom is -0.505 e. The number of thiocarbonyl (C=S) groups is 1.